The first-order valence-corrected chi connectivity index (χ1v) is 16.2. The second-order valence-electron chi connectivity index (χ2n) is 11.3. The van der Waals surface area contributed by atoms with Gasteiger partial charge in [0.2, 0.25) is 5.91 Å². The highest BCUT2D eigenvalue weighted by atomic mass is 32.1. The summed E-state index contributed by atoms with van der Waals surface area (Å²) in [6.45, 7) is 4.15. The van der Waals surface area contributed by atoms with Gasteiger partial charge < -0.3 is 21.1 Å². The Labute approximate surface area is 276 Å². The first kappa shape index (κ1) is 33.6. The van der Waals surface area contributed by atoms with E-state index in [2.05, 4.69) is 40.0 Å². The molecular formula is C37H36F2N4O3S. The van der Waals surface area contributed by atoms with Gasteiger partial charge in [0.05, 0.1) is 12.1 Å². The van der Waals surface area contributed by atoms with Crippen LogP contribution >= 0.6 is 11.3 Å². The maximum atomic E-state index is 14.1. The first-order valence-electron chi connectivity index (χ1n) is 15.3. The number of aryl methyl sites for hydroxylation is 1. The van der Waals surface area contributed by atoms with Crippen molar-refractivity contribution in [1.82, 2.24) is 15.6 Å². The molecule has 7 nitrogen and oxygen atoms in total. The number of hydrogen-bond donors (Lipinski definition) is 4. The number of carbonyl (C=O) groups excluding carboxylic acids is 2. The van der Waals surface area contributed by atoms with E-state index in [0.717, 1.165) is 39.7 Å². The smallest absolute Gasteiger partial charge is 0.251 e. The van der Waals surface area contributed by atoms with Crippen molar-refractivity contribution in [2.45, 2.75) is 45.4 Å². The predicted octanol–water partition coefficient (Wildman–Crippen LogP) is 6.77. The first-order chi connectivity index (χ1) is 22.7. The molecule has 0 unspecified atom stereocenters. The van der Waals surface area contributed by atoms with E-state index >= 15 is 0 Å². The maximum Gasteiger partial charge on any atom is 0.251 e. The molecule has 4 aromatic carbocycles. The van der Waals surface area contributed by atoms with E-state index in [-0.39, 0.29) is 18.9 Å². The Hall–Kier alpha value is -4.77. The Morgan fingerprint density at radius 2 is 1.60 bits per heavy atom. The van der Waals surface area contributed by atoms with E-state index in [4.69, 9.17) is 0 Å². The SMILES string of the molecule is CCc1cccc(CNC[C@@H](O)[C@H](Cc2cc(F)cc(F)c2)NC(=O)c2cc(-c3ccc(NC(C)=O)cc3)cc(-c3nccs3)c2)c1. The lowest BCUT2D eigenvalue weighted by molar-refractivity contribution is -0.114. The number of benzene rings is 4. The molecule has 5 rings (SSSR count). The third kappa shape index (κ3) is 9.38. The molecule has 10 heteroatoms. The Kier molecular flexibility index (Phi) is 11.2. The van der Waals surface area contributed by atoms with Gasteiger partial charge >= 0.3 is 0 Å². The van der Waals surface area contributed by atoms with Crippen LogP contribution in [0.3, 0.4) is 0 Å². The molecule has 0 saturated heterocycles. The molecule has 1 heterocycles. The Morgan fingerprint density at radius 3 is 2.28 bits per heavy atom. The van der Waals surface area contributed by atoms with Gasteiger partial charge in [-0.15, -0.1) is 11.3 Å². The standard InChI is InChI=1S/C37H36F2N4O3S/c1-3-24-5-4-6-25(13-24)21-40-22-35(45)34(16-26-14-31(38)20-32(39)15-26)43-36(46)29-17-28(18-30(19-29)37-41-11-12-47-37)27-7-9-33(10-8-27)42-23(2)44/h4-15,17-20,34-35,40,45H,3,16,21-22H2,1-2H3,(H,42,44)(H,43,46)/t34-,35+/m0/s1. The van der Waals surface area contributed by atoms with E-state index in [1.54, 1.807) is 30.5 Å². The molecule has 2 atom stereocenters. The third-order valence-electron chi connectivity index (χ3n) is 7.65. The summed E-state index contributed by atoms with van der Waals surface area (Å²) in [5, 5.41) is 22.8. The molecule has 0 radical (unpaired) electrons. The number of rotatable bonds is 13. The predicted molar refractivity (Wildman–Crippen MR) is 182 cm³/mol. The van der Waals surface area contributed by atoms with E-state index in [1.807, 2.05) is 35.7 Å². The van der Waals surface area contributed by atoms with Crippen molar-refractivity contribution in [3.8, 4) is 21.7 Å². The van der Waals surface area contributed by atoms with E-state index < -0.39 is 29.7 Å². The third-order valence-corrected chi connectivity index (χ3v) is 8.48. The number of aliphatic hydroxyl groups excluding tert-OH is 1. The molecule has 0 aliphatic heterocycles. The van der Waals surface area contributed by atoms with Crippen LogP contribution in [0.2, 0.25) is 0 Å². The number of nitrogens with zero attached hydrogens (tertiary/aromatic N) is 1. The van der Waals surface area contributed by atoms with Gasteiger partial charge in [-0.25, -0.2) is 13.8 Å². The molecule has 0 fully saturated rings. The average molecular weight is 655 g/mol. The zero-order chi connectivity index (χ0) is 33.3. The molecular weight excluding hydrogens is 618 g/mol. The number of nitrogens with one attached hydrogen (secondary N) is 3. The summed E-state index contributed by atoms with van der Waals surface area (Å²) in [6.07, 6.45) is 1.51. The number of anilines is 1. The number of aliphatic hydroxyl groups is 1. The zero-order valence-electron chi connectivity index (χ0n) is 26.1. The number of thiazole rings is 1. The van der Waals surface area contributed by atoms with Gasteiger partial charge in [-0.3, -0.25) is 9.59 Å². The highest BCUT2D eigenvalue weighted by Crippen LogP contribution is 2.30. The molecule has 47 heavy (non-hydrogen) atoms. The summed E-state index contributed by atoms with van der Waals surface area (Å²) in [6, 6.07) is 23.1. The Bertz CT molecular complexity index is 1810. The van der Waals surface area contributed by atoms with Crippen LogP contribution < -0.4 is 16.0 Å². The van der Waals surface area contributed by atoms with Crippen LogP contribution in [0.1, 0.15) is 40.9 Å². The lowest BCUT2D eigenvalue weighted by Gasteiger charge is -2.25. The van der Waals surface area contributed by atoms with Gasteiger partial charge in [0.25, 0.3) is 5.91 Å². The molecule has 0 aliphatic carbocycles. The molecule has 0 spiro atoms. The summed E-state index contributed by atoms with van der Waals surface area (Å²) in [7, 11) is 0. The number of halogens is 2. The van der Waals surface area contributed by atoms with Gasteiger partial charge in [0, 0.05) is 54.5 Å². The van der Waals surface area contributed by atoms with Gasteiger partial charge in [0.15, 0.2) is 0 Å². The van der Waals surface area contributed by atoms with Crippen LogP contribution in [-0.2, 0) is 24.2 Å². The van der Waals surface area contributed by atoms with E-state index in [9.17, 15) is 23.5 Å². The van der Waals surface area contributed by atoms with Crippen LogP contribution in [0.5, 0.6) is 0 Å². The van der Waals surface area contributed by atoms with Crippen molar-refractivity contribution in [2.24, 2.45) is 0 Å². The van der Waals surface area contributed by atoms with Crippen molar-refractivity contribution in [3.05, 3.63) is 130 Å². The summed E-state index contributed by atoms with van der Waals surface area (Å²) in [5.41, 5.74) is 5.82. The summed E-state index contributed by atoms with van der Waals surface area (Å²) >= 11 is 1.43. The number of aromatic nitrogens is 1. The van der Waals surface area contributed by atoms with Gasteiger partial charge in [-0.1, -0.05) is 43.3 Å². The van der Waals surface area contributed by atoms with Crippen molar-refractivity contribution in [2.75, 3.05) is 11.9 Å². The quantitative estimate of drug-likeness (QED) is 0.112. The molecule has 5 aromatic rings. The zero-order valence-corrected chi connectivity index (χ0v) is 26.9. The minimum atomic E-state index is -1.08. The average Bonchev–Trinajstić information content (AvgIpc) is 3.59. The fourth-order valence-corrected chi connectivity index (χ4v) is 5.97. The van der Waals surface area contributed by atoms with Crippen LogP contribution in [0, 0.1) is 11.6 Å². The minimum absolute atomic E-state index is 0.00176. The lowest BCUT2D eigenvalue weighted by atomic mass is 9.97. The fourth-order valence-electron chi connectivity index (χ4n) is 5.35. The molecule has 0 bridgehead atoms. The van der Waals surface area contributed by atoms with Crippen molar-refractivity contribution in [1.29, 1.82) is 0 Å². The number of carbonyl (C=O) groups is 2. The minimum Gasteiger partial charge on any atom is -0.390 e. The van der Waals surface area contributed by atoms with E-state index in [0.29, 0.717) is 23.4 Å². The number of amides is 2. The van der Waals surface area contributed by atoms with E-state index in [1.165, 1.54) is 36.0 Å². The maximum absolute atomic E-state index is 14.1. The monoisotopic (exact) mass is 654 g/mol. The normalized spacial score (nSPS) is 12.4. The highest BCUT2D eigenvalue weighted by Gasteiger charge is 2.24. The van der Waals surface area contributed by atoms with Gasteiger partial charge in [0.1, 0.15) is 16.6 Å². The van der Waals surface area contributed by atoms with Gasteiger partial charge in [-0.2, -0.15) is 0 Å². The molecule has 1 aromatic heterocycles. The molecule has 4 N–H and O–H groups in total. The van der Waals surface area contributed by atoms with Crippen molar-refractivity contribution in [3.63, 3.8) is 0 Å². The second-order valence-corrected chi connectivity index (χ2v) is 12.2. The summed E-state index contributed by atoms with van der Waals surface area (Å²) < 4.78 is 28.2. The summed E-state index contributed by atoms with van der Waals surface area (Å²) in [5.74, 6) is -2.12. The summed E-state index contributed by atoms with van der Waals surface area (Å²) in [4.78, 5) is 29.8. The number of hydrogen-bond acceptors (Lipinski definition) is 6. The highest BCUT2D eigenvalue weighted by molar-refractivity contribution is 7.13. The fraction of sp³-hybridized carbons (Fsp3) is 0.216. The van der Waals surface area contributed by atoms with Crippen LogP contribution in [0.25, 0.3) is 21.7 Å². The Morgan fingerprint density at radius 1 is 0.872 bits per heavy atom. The second kappa shape index (κ2) is 15.7. The molecule has 0 saturated carbocycles. The van der Waals surface area contributed by atoms with Crippen LogP contribution in [-0.4, -0.2) is 40.6 Å². The topological polar surface area (TPSA) is 103 Å². The lowest BCUT2D eigenvalue weighted by Crippen LogP contribution is -2.48. The molecule has 2 amide bonds. The van der Waals surface area contributed by atoms with Crippen molar-refractivity contribution >= 4 is 28.8 Å². The Balaban J connectivity index is 1.40. The molecule has 0 aliphatic rings. The van der Waals surface area contributed by atoms with Crippen LogP contribution in [0.4, 0.5) is 14.5 Å². The largest absolute Gasteiger partial charge is 0.390 e. The molecule has 242 valence electrons. The van der Waals surface area contributed by atoms with Crippen LogP contribution in [0.15, 0.2) is 96.5 Å². The van der Waals surface area contributed by atoms with Gasteiger partial charge in [-0.05, 0) is 83.1 Å². The van der Waals surface area contributed by atoms with Crippen molar-refractivity contribution < 1.29 is 23.5 Å².